The van der Waals surface area contributed by atoms with E-state index in [-0.39, 0.29) is 0 Å². The fourth-order valence-electron chi connectivity index (χ4n) is 0.727. The van der Waals surface area contributed by atoms with Crippen molar-refractivity contribution in [2.24, 2.45) is 0 Å². The van der Waals surface area contributed by atoms with Crippen LogP contribution in [0.15, 0.2) is 12.1 Å². The Morgan fingerprint density at radius 3 is 1.67 bits per heavy atom. The molecule has 1 nitrogen and oxygen atoms in total. The molecule has 9 heavy (non-hydrogen) atoms. The summed E-state index contributed by atoms with van der Waals surface area (Å²) < 4.78 is 5.01. The third-order valence-corrected chi connectivity index (χ3v) is 1.80. The van der Waals surface area contributed by atoms with Crippen LogP contribution in [0.1, 0.15) is 0 Å². The fourth-order valence-corrected chi connectivity index (χ4v) is 1.19. The summed E-state index contributed by atoms with van der Waals surface area (Å²) in [6.07, 6.45) is 0. The number of ether oxygens (including phenoxy) is 1. The van der Waals surface area contributed by atoms with Gasteiger partial charge in [0, 0.05) is 6.07 Å². The van der Waals surface area contributed by atoms with Crippen molar-refractivity contribution < 1.29 is 4.74 Å². The molecule has 0 radical (unpaired) electrons. The maximum Gasteiger partial charge on any atom is 0.149 e. The predicted octanol–water partition coefficient (Wildman–Crippen LogP) is 3.10. The highest BCUT2D eigenvalue weighted by Crippen LogP contribution is 2.46. The van der Waals surface area contributed by atoms with Gasteiger partial charge in [0.05, 0.1) is 10.0 Å². The van der Waals surface area contributed by atoms with Crippen molar-refractivity contribution in [3.63, 3.8) is 0 Å². The smallest absolute Gasteiger partial charge is 0.149 e. The van der Waals surface area contributed by atoms with E-state index in [0.29, 0.717) is 10.0 Å². The number of rotatable bonds is 0. The summed E-state index contributed by atoms with van der Waals surface area (Å²) >= 11 is 11.3. The van der Waals surface area contributed by atoms with Gasteiger partial charge in [-0.1, -0.05) is 23.2 Å². The van der Waals surface area contributed by atoms with Gasteiger partial charge < -0.3 is 4.74 Å². The van der Waals surface area contributed by atoms with E-state index in [9.17, 15) is 0 Å². The molecule has 2 aliphatic rings. The van der Waals surface area contributed by atoms with E-state index < -0.39 is 0 Å². The Morgan fingerprint density at radius 2 is 1.44 bits per heavy atom. The molecule has 0 spiro atoms. The number of fused-ring (bicyclic) bond motifs is 2. The van der Waals surface area contributed by atoms with Crippen LogP contribution in [0.5, 0.6) is 11.5 Å². The standard InChI is InChI=1S/C6H2Cl2O/c7-3-1-4(8)6-2-5(3)9-6/h1-2H. The number of hydrogen-bond acceptors (Lipinski definition) is 1. The lowest BCUT2D eigenvalue weighted by molar-refractivity contribution is 0.439. The molecule has 2 bridgehead atoms. The highest BCUT2D eigenvalue weighted by molar-refractivity contribution is 6.37. The maximum atomic E-state index is 5.65. The van der Waals surface area contributed by atoms with Crippen LogP contribution in [0.25, 0.3) is 0 Å². The molecule has 0 amide bonds. The monoisotopic (exact) mass is 160 g/mol. The third kappa shape index (κ3) is 0.620. The lowest BCUT2D eigenvalue weighted by Gasteiger charge is -2.18. The molecule has 0 N–H and O–H groups in total. The average Bonchev–Trinajstić information content (AvgIpc) is 1.57. The summed E-state index contributed by atoms with van der Waals surface area (Å²) in [5.41, 5.74) is 0. The maximum absolute atomic E-state index is 5.65. The van der Waals surface area contributed by atoms with Crippen LogP contribution in [-0.4, -0.2) is 0 Å². The van der Waals surface area contributed by atoms with Crippen molar-refractivity contribution >= 4 is 23.2 Å². The Morgan fingerprint density at radius 1 is 1.00 bits per heavy atom. The summed E-state index contributed by atoms with van der Waals surface area (Å²) in [4.78, 5) is 0. The van der Waals surface area contributed by atoms with Gasteiger partial charge in [0.1, 0.15) is 11.5 Å². The highest BCUT2D eigenvalue weighted by Gasteiger charge is 2.18. The first kappa shape index (κ1) is 5.39. The van der Waals surface area contributed by atoms with E-state index in [1.54, 1.807) is 6.07 Å². The molecule has 2 aliphatic heterocycles. The molecule has 1 aromatic rings. The van der Waals surface area contributed by atoms with Crippen molar-refractivity contribution in [1.82, 2.24) is 0 Å². The molecule has 1 aromatic carbocycles. The molecule has 0 saturated carbocycles. The van der Waals surface area contributed by atoms with Crippen LogP contribution in [-0.2, 0) is 0 Å². The minimum absolute atomic E-state index is 0.579. The van der Waals surface area contributed by atoms with Crippen LogP contribution >= 0.6 is 23.2 Å². The molecule has 46 valence electrons. The second-order valence-electron chi connectivity index (χ2n) is 1.82. The first-order valence-corrected chi connectivity index (χ1v) is 3.20. The van der Waals surface area contributed by atoms with Crippen molar-refractivity contribution in [1.29, 1.82) is 0 Å². The van der Waals surface area contributed by atoms with Gasteiger partial charge >= 0.3 is 0 Å². The second-order valence-corrected chi connectivity index (χ2v) is 2.63. The van der Waals surface area contributed by atoms with Crippen molar-refractivity contribution in [2.75, 3.05) is 0 Å². The molecule has 0 aliphatic carbocycles. The van der Waals surface area contributed by atoms with Crippen molar-refractivity contribution in [2.45, 2.75) is 0 Å². The van der Waals surface area contributed by atoms with Gasteiger partial charge in [-0.15, -0.1) is 0 Å². The van der Waals surface area contributed by atoms with Gasteiger partial charge in [0.2, 0.25) is 0 Å². The zero-order valence-electron chi connectivity index (χ0n) is 4.32. The van der Waals surface area contributed by atoms with Crippen LogP contribution in [0.2, 0.25) is 10.0 Å². The van der Waals surface area contributed by atoms with E-state index in [1.807, 2.05) is 6.07 Å². The van der Waals surface area contributed by atoms with Gasteiger partial charge in [-0.05, 0) is 6.07 Å². The molecule has 2 heterocycles. The molecule has 0 saturated heterocycles. The molecule has 0 fully saturated rings. The van der Waals surface area contributed by atoms with Gasteiger partial charge in [-0.3, -0.25) is 0 Å². The molecule has 0 aromatic heterocycles. The summed E-state index contributed by atoms with van der Waals surface area (Å²) in [6, 6.07) is 3.49. The molecular formula is C6H2Cl2O. The topological polar surface area (TPSA) is 9.23 Å². The Balaban J connectivity index is 2.72. The van der Waals surface area contributed by atoms with E-state index in [4.69, 9.17) is 27.9 Å². The van der Waals surface area contributed by atoms with Gasteiger partial charge in [0.25, 0.3) is 0 Å². The Kier molecular flexibility index (Phi) is 0.930. The average molecular weight is 161 g/mol. The third-order valence-electron chi connectivity index (χ3n) is 1.21. The Hall–Kier alpha value is -0.400. The van der Waals surface area contributed by atoms with Crippen molar-refractivity contribution in [3.05, 3.63) is 22.2 Å². The molecule has 3 heteroatoms. The molecule has 0 atom stereocenters. The summed E-state index contributed by atoms with van der Waals surface area (Å²) in [6.45, 7) is 0. The first-order valence-electron chi connectivity index (χ1n) is 2.44. The largest absolute Gasteiger partial charge is 0.454 e. The zero-order valence-corrected chi connectivity index (χ0v) is 5.83. The normalized spacial score (nSPS) is 12.2. The van der Waals surface area contributed by atoms with E-state index in [2.05, 4.69) is 0 Å². The van der Waals surface area contributed by atoms with Crippen LogP contribution in [0, 0.1) is 0 Å². The van der Waals surface area contributed by atoms with E-state index >= 15 is 0 Å². The summed E-state index contributed by atoms with van der Waals surface area (Å²) in [5, 5.41) is 1.16. The highest BCUT2D eigenvalue weighted by atomic mass is 35.5. The SMILES string of the molecule is Clc1cc(Cl)c2cc1O2. The first-order chi connectivity index (χ1) is 4.27. The van der Waals surface area contributed by atoms with E-state index in [1.165, 1.54) is 0 Å². The van der Waals surface area contributed by atoms with Gasteiger partial charge in [-0.2, -0.15) is 0 Å². The number of benzene rings is 1. The molecular weight excluding hydrogens is 159 g/mol. The second kappa shape index (κ2) is 1.55. The zero-order chi connectivity index (χ0) is 6.43. The number of halogens is 2. The minimum atomic E-state index is 0.579. The summed E-state index contributed by atoms with van der Waals surface area (Å²) in [7, 11) is 0. The van der Waals surface area contributed by atoms with E-state index in [0.717, 1.165) is 11.5 Å². The predicted molar refractivity (Wildman–Crippen MR) is 36.5 cm³/mol. The molecule has 3 rings (SSSR count). The van der Waals surface area contributed by atoms with Crippen molar-refractivity contribution in [3.8, 4) is 11.5 Å². The lowest BCUT2D eigenvalue weighted by atomic mass is 10.2. The van der Waals surface area contributed by atoms with Gasteiger partial charge in [0.15, 0.2) is 0 Å². The van der Waals surface area contributed by atoms with Crippen LogP contribution in [0.4, 0.5) is 0 Å². The van der Waals surface area contributed by atoms with Gasteiger partial charge in [-0.25, -0.2) is 0 Å². The lowest BCUT2D eigenvalue weighted by Crippen LogP contribution is -1.95. The quantitative estimate of drug-likeness (QED) is 0.576. The Bertz CT molecular complexity index is 247. The minimum Gasteiger partial charge on any atom is -0.454 e. The van der Waals surface area contributed by atoms with Crippen LogP contribution < -0.4 is 4.74 Å². The molecule has 0 unspecified atom stereocenters. The Labute approximate surface area is 62.1 Å². The van der Waals surface area contributed by atoms with Crippen LogP contribution in [0.3, 0.4) is 0 Å². The number of hydrogen-bond donors (Lipinski definition) is 0. The summed E-state index contributed by atoms with van der Waals surface area (Å²) in [5.74, 6) is 1.44. The fraction of sp³-hybridized carbons (Fsp3) is 0.